The van der Waals surface area contributed by atoms with E-state index in [1.54, 1.807) is 23.6 Å². The fraction of sp³-hybridized carbons (Fsp3) is 0.500. The molecule has 12 nitrogen and oxygen atoms in total. The molecule has 0 aliphatic carbocycles. The van der Waals surface area contributed by atoms with Crippen molar-refractivity contribution in [3.63, 3.8) is 0 Å². The van der Waals surface area contributed by atoms with E-state index in [-0.39, 0.29) is 12.2 Å². The standard InChI is InChI=1S/C26H34N6O6S/c1-4-6-19-21(17-33)29(3)24-23(19)27-25(28-26(24)34)20-16-18(7-8-22(20)37-14-5-2)39-31-11-9-30(10-12-31)13-15-38-32(35)36/h7-8,16-17H,4-6,9-15H2,1-3H3,(H,27,28,34). The van der Waals surface area contributed by atoms with Gasteiger partial charge in [0.25, 0.3) is 10.6 Å². The fourth-order valence-corrected chi connectivity index (χ4v) is 5.68. The summed E-state index contributed by atoms with van der Waals surface area (Å²) >= 11 is 1.61. The van der Waals surface area contributed by atoms with Gasteiger partial charge in [-0.25, -0.2) is 9.29 Å². The molecule has 1 fully saturated rings. The van der Waals surface area contributed by atoms with Gasteiger partial charge >= 0.3 is 0 Å². The van der Waals surface area contributed by atoms with Crippen molar-refractivity contribution in [2.75, 3.05) is 45.9 Å². The molecule has 1 aliphatic heterocycles. The number of nitrogens with one attached hydrogen (secondary N) is 1. The number of piperazine rings is 1. The van der Waals surface area contributed by atoms with Gasteiger partial charge in [-0.05, 0) is 43.0 Å². The quantitative estimate of drug-likeness (QED) is 0.144. The number of carbonyl (C=O) groups excluding carboxylic acids is 1. The monoisotopic (exact) mass is 558 g/mol. The molecule has 0 atom stereocenters. The first-order chi connectivity index (χ1) is 18.9. The molecule has 210 valence electrons. The van der Waals surface area contributed by atoms with E-state index in [1.807, 2.05) is 32.0 Å². The predicted molar refractivity (Wildman–Crippen MR) is 149 cm³/mol. The smallest absolute Gasteiger partial charge is 0.294 e. The number of aryl methyl sites for hydroxylation is 2. The molecule has 2 aromatic heterocycles. The molecule has 0 spiro atoms. The first-order valence-corrected chi connectivity index (χ1v) is 13.9. The van der Waals surface area contributed by atoms with Crippen LogP contribution < -0.4 is 10.3 Å². The van der Waals surface area contributed by atoms with Gasteiger partial charge < -0.3 is 19.1 Å². The number of aromatic nitrogens is 3. The van der Waals surface area contributed by atoms with E-state index in [9.17, 15) is 19.7 Å². The first kappa shape index (κ1) is 28.6. The van der Waals surface area contributed by atoms with Crippen LogP contribution in [0.1, 0.15) is 42.7 Å². The van der Waals surface area contributed by atoms with Crippen molar-refractivity contribution in [1.29, 1.82) is 0 Å². The van der Waals surface area contributed by atoms with Crippen LogP contribution in [0.4, 0.5) is 0 Å². The zero-order valence-electron chi connectivity index (χ0n) is 22.5. The lowest BCUT2D eigenvalue weighted by molar-refractivity contribution is -0.757. The Labute approximate surface area is 230 Å². The van der Waals surface area contributed by atoms with Crippen LogP contribution in [0.15, 0.2) is 27.9 Å². The number of benzene rings is 1. The molecule has 39 heavy (non-hydrogen) atoms. The summed E-state index contributed by atoms with van der Waals surface area (Å²) in [6.07, 6.45) is 3.07. The van der Waals surface area contributed by atoms with E-state index in [0.717, 1.165) is 55.8 Å². The molecule has 0 saturated carbocycles. The number of aromatic amines is 1. The number of ether oxygens (including phenoxy) is 1. The molecule has 0 unspecified atom stereocenters. The number of hydrogen-bond acceptors (Lipinski definition) is 10. The highest BCUT2D eigenvalue weighted by Crippen LogP contribution is 2.35. The minimum atomic E-state index is -0.763. The molecule has 1 aliphatic rings. The van der Waals surface area contributed by atoms with Gasteiger partial charge in [-0.15, -0.1) is 10.1 Å². The van der Waals surface area contributed by atoms with Crippen molar-refractivity contribution >= 4 is 29.3 Å². The molecule has 0 amide bonds. The van der Waals surface area contributed by atoms with Crippen molar-refractivity contribution in [3.8, 4) is 17.1 Å². The van der Waals surface area contributed by atoms with E-state index in [1.165, 1.54) is 0 Å². The molecule has 13 heteroatoms. The summed E-state index contributed by atoms with van der Waals surface area (Å²) in [5, 5.41) is 9.61. The second-order valence-corrected chi connectivity index (χ2v) is 10.5. The van der Waals surface area contributed by atoms with Crippen LogP contribution in [0.2, 0.25) is 0 Å². The summed E-state index contributed by atoms with van der Waals surface area (Å²) in [5.41, 5.74) is 2.55. The number of nitrogens with zero attached hydrogens (tertiary/aromatic N) is 5. The molecule has 3 aromatic rings. The number of aldehydes is 1. The summed E-state index contributed by atoms with van der Waals surface area (Å²) in [4.78, 5) is 50.7. The average molecular weight is 559 g/mol. The van der Waals surface area contributed by atoms with E-state index in [4.69, 9.17) is 9.72 Å². The Balaban J connectivity index is 1.62. The van der Waals surface area contributed by atoms with Gasteiger partial charge in [-0.3, -0.25) is 14.5 Å². The molecular formula is C26H34N6O6S. The van der Waals surface area contributed by atoms with Gasteiger partial charge in [-0.2, -0.15) is 0 Å². The lowest BCUT2D eigenvalue weighted by Crippen LogP contribution is -2.44. The van der Waals surface area contributed by atoms with E-state index >= 15 is 0 Å². The minimum Gasteiger partial charge on any atom is -0.493 e. The SMILES string of the molecule is CCCOc1ccc(SN2CCN(CCO[N+](=O)[O-])CC2)cc1-c1nc2c(CCC)c(C=O)n(C)c2c(=O)[nH]1. The Morgan fingerprint density at radius 2 is 1.95 bits per heavy atom. The van der Waals surface area contributed by atoms with Crippen LogP contribution in [-0.4, -0.2) is 81.1 Å². The molecule has 0 radical (unpaired) electrons. The highest BCUT2D eigenvalue weighted by atomic mass is 32.2. The van der Waals surface area contributed by atoms with E-state index in [2.05, 4.69) is 19.0 Å². The number of carbonyl (C=O) groups is 1. The van der Waals surface area contributed by atoms with Crippen molar-refractivity contribution in [1.82, 2.24) is 23.7 Å². The average Bonchev–Trinajstić information content (AvgIpc) is 3.19. The Bertz CT molecular complexity index is 1380. The largest absolute Gasteiger partial charge is 0.493 e. The highest BCUT2D eigenvalue weighted by molar-refractivity contribution is 7.97. The number of fused-ring (bicyclic) bond motifs is 1. The zero-order chi connectivity index (χ0) is 27.9. The molecule has 1 saturated heterocycles. The summed E-state index contributed by atoms with van der Waals surface area (Å²) < 4.78 is 9.88. The molecule has 3 heterocycles. The predicted octanol–water partition coefficient (Wildman–Crippen LogP) is 3.32. The maximum Gasteiger partial charge on any atom is 0.294 e. The Hall–Kier alpha value is -3.42. The van der Waals surface area contributed by atoms with Crippen LogP contribution in [0.5, 0.6) is 5.75 Å². The van der Waals surface area contributed by atoms with Crippen LogP contribution >= 0.6 is 11.9 Å². The van der Waals surface area contributed by atoms with Gasteiger partial charge in [0, 0.05) is 50.2 Å². The van der Waals surface area contributed by atoms with Crippen molar-refractivity contribution < 1.29 is 19.5 Å². The molecule has 0 bridgehead atoms. The normalized spacial score (nSPS) is 14.5. The molecular weight excluding hydrogens is 524 g/mol. The van der Waals surface area contributed by atoms with Gasteiger partial charge in [0.2, 0.25) is 0 Å². The van der Waals surface area contributed by atoms with Crippen LogP contribution in [-0.2, 0) is 18.3 Å². The van der Waals surface area contributed by atoms with Gasteiger partial charge in [0.15, 0.2) is 6.29 Å². The third-order valence-electron chi connectivity index (χ3n) is 6.64. The van der Waals surface area contributed by atoms with Gasteiger partial charge in [0.05, 0.1) is 17.9 Å². The zero-order valence-corrected chi connectivity index (χ0v) is 23.3. The molecule has 4 rings (SSSR count). The first-order valence-electron chi connectivity index (χ1n) is 13.1. The third-order valence-corrected chi connectivity index (χ3v) is 7.72. The Morgan fingerprint density at radius 1 is 1.18 bits per heavy atom. The molecule has 1 N–H and O–H groups in total. The number of hydrogen-bond donors (Lipinski definition) is 1. The van der Waals surface area contributed by atoms with Gasteiger partial charge in [0.1, 0.15) is 29.2 Å². The summed E-state index contributed by atoms with van der Waals surface area (Å²) in [6.45, 7) is 8.28. The fourth-order valence-electron chi connectivity index (χ4n) is 4.73. The minimum absolute atomic E-state index is 0.0635. The summed E-state index contributed by atoms with van der Waals surface area (Å²) in [5.74, 6) is 1.03. The second kappa shape index (κ2) is 13.1. The van der Waals surface area contributed by atoms with Crippen LogP contribution in [0.3, 0.4) is 0 Å². The van der Waals surface area contributed by atoms with Crippen LogP contribution in [0.25, 0.3) is 22.4 Å². The van der Waals surface area contributed by atoms with Crippen LogP contribution in [0, 0.1) is 10.1 Å². The Kier molecular flexibility index (Phi) is 9.59. The van der Waals surface area contributed by atoms with Gasteiger partial charge in [-0.1, -0.05) is 20.3 Å². The van der Waals surface area contributed by atoms with E-state index in [0.29, 0.717) is 53.4 Å². The maximum atomic E-state index is 13.2. The third kappa shape index (κ3) is 6.60. The lowest BCUT2D eigenvalue weighted by atomic mass is 10.1. The molecule has 1 aromatic carbocycles. The number of rotatable bonds is 13. The topological polar surface area (TPSA) is 136 Å². The Morgan fingerprint density at radius 3 is 2.62 bits per heavy atom. The van der Waals surface area contributed by atoms with Crippen molar-refractivity contribution in [3.05, 3.63) is 49.9 Å². The number of H-pyrrole nitrogens is 1. The highest BCUT2D eigenvalue weighted by Gasteiger charge is 2.22. The van der Waals surface area contributed by atoms with E-state index < -0.39 is 5.09 Å². The summed E-state index contributed by atoms with van der Waals surface area (Å²) in [6, 6.07) is 5.86. The van der Waals surface area contributed by atoms with Crippen molar-refractivity contribution in [2.24, 2.45) is 7.05 Å². The lowest BCUT2D eigenvalue weighted by Gasteiger charge is -2.33. The maximum absolute atomic E-state index is 13.2. The van der Waals surface area contributed by atoms with Crippen molar-refractivity contribution in [2.45, 2.75) is 38.0 Å². The summed E-state index contributed by atoms with van der Waals surface area (Å²) in [7, 11) is 1.71. The second-order valence-electron chi connectivity index (χ2n) is 9.33.